The highest BCUT2D eigenvalue weighted by atomic mass is 35.5. The van der Waals surface area contributed by atoms with Gasteiger partial charge in [-0.05, 0) is 18.2 Å². The van der Waals surface area contributed by atoms with E-state index in [0.29, 0.717) is 18.0 Å². The summed E-state index contributed by atoms with van der Waals surface area (Å²) in [6.07, 6.45) is 0. The number of nitrogens with one attached hydrogen (secondary N) is 1. The molecule has 14 heavy (non-hydrogen) atoms. The second-order valence-electron chi connectivity index (χ2n) is 2.61. The van der Waals surface area contributed by atoms with Crippen LogP contribution < -0.4 is 15.8 Å². The van der Waals surface area contributed by atoms with E-state index in [1.807, 2.05) is 6.07 Å². The first kappa shape index (κ1) is 12.9. The Hall–Kier alpha value is -1.13. The van der Waals surface area contributed by atoms with Gasteiger partial charge in [0.25, 0.3) is 0 Å². The fourth-order valence-electron chi connectivity index (χ4n) is 1.04. The molecule has 0 amide bonds. The van der Waals surface area contributed by atoms with E-state index in [2.05, 4.69) is 5.32 Å². The summed E-state index contributed by atoms with van der Waals surface area (Å²) in [5, 5.41) is 11.6. The van der Waals surface area contributed by atoms with Crippen molar-refractivity contribution < 1.29 is 9.84 Å². The van der Waals surface area contributed by atoms with Crippen LogP contribution in [-0.4, -0.2) is 25.4 Å². The molecule has 0 aliphatic rings. The number of benzene rings is 1. The van der Waals surface area contributed by atoms with Crippen molar-refractivity contribution in [2.24, 2.45) is 0 Å². The zero-order chi connectivity index (χ0) is 9.68. The highest BCUT2D eigenvalue weighted by molar-refractivity contribution is 5.85. The van der Waals surface area contributed by atoms with Crippen molar-refractivity contribution in [3.63, 3.8) is 0 Å². The average Bonchev–Trinajstić information content (AvgIpc) is 2.15. The fraction of sp³-hybridized carbons (Fsp3) is 0.333. The number of aliphatic hydroxyl groups excluding tert-OH is 1. The SMILES string of the molecule is COc1ccc(NCCO)cc1N.Cl. The summed E-state index contributed by atoms with van der Waals surface area (Å²) in [6, 6.07) is 5.41. The van der Waals surface area contributed by atoms with Crippen molar-refractivity contribution in [1.82, 2.24) is 0 Å². The van der Waals surface area contributed by atoms with Crippen molar-refractivity contribution >= 4 is 23.8 Å². The molecule has 0 aliphatic carbocycles. The summed E-state index contributed by atoms with van der Waals surface area (Å²) >= 11 is 0. The maximum absolute atomic E-state index is 8.58. The van der Waals surface area contributed by atoms with Gasteiger partial charge in [-0.1, -0.05) is 0 Å². The van der Waals surface area contributed by atoms with Crippen LogP contribution in [0.25, 0.3) is 0 Å². The first-order chi connectivity index (χ1) is 6.27. The van der Waals surface area contributed by atoms with Crippen LogP contribution in [0.15, 0.2) is 18.2 Å². The van der Waals surface area contributed by atoms with E-state index >= 15 is 0 Å². The van der Waals surface area contributed by atoms with Gasteiger partial charge in [0.1, 0.15) is 5.75 Å². The molecule has 0 saturated carbocycles. The largest absolute Gasteiger partial charge is 0.495 e. The summed E-state index contributed by atoms with van der Waals surface area (Å²) in [5.41, 5.74) is 7.15. The summed E-state index contributed by atoms with van der Waals surface area (Å²) in [4.78, 5) is 0. The summed E-state index contributed by atoms with van der Waals surface area (Å²) < 4.78 is 5.00. The molecule has 0 aromatic heterocycles. The molecule has 0 radical (unpaired) electrons. The quantitative estimate of drug-likeness (QED) is 0.663. The van der Waals surface area contributed by atoms with Gasteiger partial charge in [-0.15, -0.1) is 12.4 Å². The van der Waals surface area contributed by atoms with Crippen LogP contribution in [0.3, 0.4) is 0 Å². The number of ether oxygens (including phenoxy) is 1. The van der Waals surface area contributed by atoms with Crippen molar-refractivity contribution in [2.45, 2.75) is 0 Å². The Balaban J connectivity index is 0.00000169. The van der Waals surface area contributed by atoms with E-state index in [4.69, 9.17) is 15.6 Å². The second kappa shape index (κ2) is 6.34. The molecule has 4 N–H and O–H groups in total. The lowest BCUT2D eigenvalue weighted by atomic mass is 10.2. The first-order valence-corrected chi connectivity index (χ1v) is 4.06. The smallest absolute Gasteiger partial charge is 0.141 e. The number of nitrogen functional groups attached to an aromatic ring is 1. The predicted octanol–water partition coefficient (Wildman–Crippen LogP) is 1.10. The number of rotatable bonds is 4. The fourth-order valence-corrected chi connectivity index (χ4v) is 1.04. The van der Waals surface area contributed by atoms with Gasteiger partial charge >= 0.3 is 0 Å². The lowest BCUT2D eigenvalue weighted by Gasteiger charge is -2.08. The molecule has 4 nitrogen and oxygen atoms in total. The summed E-state index contributed by atoms with van der Waals surface area (Å²) in [7, 11) is 1.58. The monoisotopic (exact) mass is 218 g/mol. The molecule has 0 heterocycles. The zero-order valence-electron chi connectivity index (χ0n) is 7.99. The van der Waals surface area contributed by atoms with E-state index in [-0.39, 0.29) is 19.0 Å². The molecular formula is C9H15ClN2O2. The van der Waals surface area contributed by atoms with Gasteiger partial charge in [0, 0.05) is 12.2 Å². The maximum Gasteiger partial charge on any atom is 0.141 e. The number of aliphatic hydroxyl groups is 1. The van der Waals surface area contributed by atoms with Crippen molar-refractivity contribution in [2.75, 3.05) is 31.3 Å². The van der Waals surface area contributed by atoms with E-state index < -0.39 is 0 Å². The number of hydrogen-bond donors (Lipinski definition) is 3. The zero-order valence-corrected chi connectivity index (χ0v) is 8.80. The molecule has 0 bridgehead atoms. The Kier molecular flexibility index (Phi) is 5.83. The number of anilines is 2. The normalized spacial score (nSPS) is 9.00. The third-order valence-corrected chi connectivity index (χ3v) is 1.67. The third kappa shape index (κ3) is 3.32. The van der Waals surface area contributed by atoms with Gasteiger partial charge in [0.2, 0.25) is 0 Å². The minimum absolute atomic E-state index is 0. The number of hydrogen-bond acceptors (Lipinski definition) is 4. The minimum Gasteiger partial charge on any atom is -0.495 e. The van der Waals surface area contributed by atoms with Gasteiger partial charge in [-0.2, -0.15) is 0 Å². The molecule has 0 unspecified atom stereocenters. The van der Waals surface area contributed by atoms with Crippen molar-refractivity contribution in [3.8, 4) is 5.75 Å². The minimum atomic E-state index is 0. The second-order valence-corrected chi connectivity index (χ2v) is 2.61. The molecule has 0 spiro atoms. The summed E-state index contributed by atoms with van der Waals surface area (Å²) in [5.74, 6) is 0.662. The molecule has 1 rings (SSSR count). The standard InChI is InChI=1S/C9H14N2O2.ClH/c1-13-9-3-2-7(6-8(9)10)11-4-5-12;/h2-3,6,11-12H,4-5,10H2,1H3;1H. The van der Waals surface area contributed by atoms with E-state index in [9.17, 15) is 0 Å². The highest BCUT2D eigenvalue weighted by Crippen LogP contribution is 2.24. The number of methoxy groups -OCH3 is 1. The molecule has 5 heteroatoms. The highest BCUT2D eigenvalue weighted by Gasteiger charge is 1.99. The van der Waals surface area contributed by atoms with Crippen LogP contribution in [0.4, 0.5) is 11.4 Å². The van der Waals surface area contributed by atoms with Gasteiger partial charge in [-0.25, -0.2) is 0 Å². The first-order valence-electron chi connectivity index (χ1n) is 4.06. The Bertz CT molecular complexity index is 282. The number of halogens is 1. The molecule has 80 valence electrons. The average molecular weight is 219 g/mol. The van der Waals surface area contributed by atoms with Crippen LogP contribution in [0.1, 0.15) is 0 Å². The van der Waals surface area contributed by atoms with Gasteiger partial charge in [-0.3, -0.25) is 0 Å². The van der Waals surface area contributed by atoms with Crippen molar-refractivity contribution in [3.05, 3.63) is 18.2 Å². The molecule has 0 atom stereocenters. The van der Waals surface area contributed by atoms with Crippen LogP contribution in [0.2, 0.25) is 0 Å². The van der Waals surface area contributed by atoms with Crippen LogP contribution in [0, 0.1) is 0 Å². The maximum atomic E-state index is 8.58. The van der Waals surface area contributed by atoms with Gasteiger partial charge in [0.15, 0.2) is 0 Å². The Morgan fingerprint density at radius 1 is 1.50 bits per heavy atom. The predicted molar refractivity (Wildman–Crippen MR) is 60.2 cm³/mol. The molecule has 0 saturated heterocycles. The topological polar surface area (TPSA) is 67.5 Å². The summed E-state index contributed by atoms with van der Waals surface area (Å²) in [6.45, 7) is 0.623. The van der Waals surface area contributed by atoms with Crippen molar-refractivity contribution in [1.29, 1.82) is 0 Å². The van der Waals surface area contributed by atoms with Crippen LogP contribution in [-0.2, 0) is 0 Å². The molecule has 1 aromatic rings. The molecule has 1 aromatic carbocycles. The number of nitrogens with two attached hydrogens (primary N) is 1. The Labute approximate surface area is 89.5 Å². The Morgan fingerprint density at radius 3 is 2.71 bits per heavy atom. The molecule has 0 aliphatic heterocycles. The van der Waals surface area contributed by atoms with Gasteiger partial charge < -0.3 is 20.9 Å². The molecular weight excluding hydrogens is 204 g/mol. The van der Waals surface area contributed by atoms with Gasteiger partial charge in [0.05, 0.1) is 19.4 Å². The lowest BCUT2D eigenvalue weighted by molar-refractivity contribution is 0.311. The third-order valence-electron chi connectivity index (χ3n) is 1.67. The van der Waals surface area contributed by atoms with Crippen LogP contribution in [0.5, 0.6) is 5.75 Å². The van der Waals surface area contributed by atoms with E-state index in [1.165, 1.54) is 0 Å². The van der Waals surface area contributed by atoms with Crippen LogP contribution >= 0.6 is 12.4 Å². The van der Waals surface area contributed by atoms with E-state index in [0.717, 1.165) is 5.69 Å². The molecule has 0 fully saturated rings. The lowest BCUT2D eigenvalue weighted by Crippen LogP contribution is -2.05. The Morgan fingerprint density at radius 2 is 2.21 bits per heavy atom. The van der Waals surface area contributed by atoms with E-state index in [1.54, 1.807) is 19.2 Å².